The van der Waals surface area contributed by atoms with Crippen LogP contribution in [0.5, 0.6) is 0 Å². The molecule has 0 spiro atoms. The third-order valence-corrected chi connectivity index (χ3v) is 5.34. The van der Waals surface area contributed by atoms with Gasteiger partial charge in [-0.15, -0.1) is 0 Å². The van der Waals surface area contributed by atoms with Crippen LogP contribution in [0.25, 0.3) is 0 Å². The number of benzene rings is 1. The zero-order valence-electron chi connectivity index (χ0n) is 13.5. The molecule has 0 saturated heterocycles. The Hall–Kier alpha value is -1.36. The lowest BCUT2D eigenvalue weighted by atomic mass is 10.0. The molecule has 0 bridgehead atoms. The van der Waals surface area contributed by atoms with Crippen molar-refractivity contribution >= 4 is 27.8 Å². The number of carbonyl (C=O) groups is 2. The highest BCUT2D eigenvalue weighted by atomic mass is 79.9. The predicted octanol–water partition coefficient (Wildman–Crippen LogP) is 3.53. The second kappa shape index (κ2) is 9.06. The van der Waals surface area contributed by atoms with Gasteiger partial charge in [0.25, 0.3) is 0 Å². The molecule has 1 fully saturated rings. The quantitative estimate of drug-likeness (QED) is 0.536. The van der Waals surface area contributed by atoms with E-state index in [1.165, 1.54) is 12.8 Å². The first kappa shape index (κ1) is 18.0. The number of ether oxygens (including phenoxy) is 1. The highest BCUT2D eigenvalue weighted by molar-refractivity contribution is 9.10. The van der Waals surface area contributed by atoms with Crippen LogP contribution in [0.4, 0.5) is 0 Å². The number of amides is 1. The summed E-state index contributed by atoms with van der Waals surface area (Å²) in [5, 5.41) is 0. The van der Waals surface area contributed by atoms with Gasteiger partial charge < -0.3 is 9.64 Å². The molecule has 0 aromatic heterocycles. The normalized spacial score (nSPS) is 16.1. The van der Waals surface area contributed by atoms with Gasteiger partial charge in [-0.3, -0.25) is 9.59 Å². The highest BCUT2D eigenvalue weighted by Crippen LogP contribution is 2.32. The van der Waals surface area contributed by atoms with Crippen molar-refractivity contribution < 1.29 is 14.3 Å². The van der Waals surface area contributed by atoms with E-state index in [-0.39, 0.29) is 23.2 Å². The number of rotatable bonds is 7. The molecule has 0 radical (unpaired) electrons. The van der Waals surface area contributed by atoms with Gasteiger partial charge in [0, 0.05) is 6.54 Å². The number of esters is 1. The maximum atomic E-state index is 12.8. The number of hydrogen-bond acceptors (Lipinski definition) is 3. The van der Waals surface area contributed by atoms with Crippen molar-refractivity contribution in [2.24, 2.45) is 5.92 Å². The zero-order chi connectivity index (χ0) is 16.7. The SMILES string of the molecule is CCOC(=O)CN(Cc1ccccc1)C(=O)C(Br)C1CCCC1. The lowest BCUT2D eigenvalue weighted by Gasteiger charge is -2.27. The zero-order valence-corrected chi connectivity index (χ0v) is 15.1. The molecular formula is C18H24BrNO3. The van der Waals surface area contributed by atoms with E-state index in [0.717, 1.165) is 18.4 Å². The Morgan fingerprint density at radius 3 is 2.52 bits per heavy atom. The topological polar surface area (TPSA) is 46.6 Å². The standard InChI is InChI=1S/C18H24BrNO3/c1-2-23-16(21)13-20(12-14-8-4-3-5-9-14)18(22)17(19)15-10-6-7-11-15/h3-5,8-9,15,17H,2,6-7,10-13H2,1H3. The van der Waals surface area contributed by atoms with Crippen LogP contribution >= 0.6 is 15.9 Å². The summed E-state index contributed by atoms with van der Waals surface area (Å²) in [6, 6.07) is 9.73. The summed E-state index contributed by atoms with van der Waals surface area (Å²) in [4.78, 5) is 26.1. The molecule has 5 heteroatoms. The van der Waals surface area contributed by atoms with Crippen molar-refractivity contribution in [2.45, 2.75) is 44.0 Å². The van der Waals surface area contributed by atoms with Crippen LogP contribution in [0, 0.1) is 5.92 Å². The molecule has 1 atom stereocenters. The molecule has 0 aliphatic heterocycles. The minimum Gasteiger partial charge on any atom is -0.465 e. The predicted molar refractivity (Wildman–Crippen MR) is 93.2 cm³/mol. The molecule has 4 nitrogen and oxygen atoms in total. The molecule has 1 unspecified atom stereocenters. The van der Waals surface area contributed by atoms with Crippen LogP contribution in [0.1, 0.15) is 38.2 Å². The van der Waals surface area contributed by atoms with Crippen molar-refractivity contribution in [2.75, 3.05) is 13.2 Å². The summed E-state index contributed by atoms with van der Waals surface area (Å²) in [6.07, 6.45) is 4.49. The van der Waals surface area contributed by atoms with E-state index in [1.807, 2.05) is 30.3 Å². The first-order valence-electron chi connectivity index (χ1n) is 8.24. The first-order valence-corrected chi connectivity index (χ1v) is 9.15. The molecule has 1 aromatic carbocycles. The molecule has 23 heavy (non-hydrogen) atoms. The Morgan fingerprint density at radius 2 is 1.91 bits per heavy atom. The third-order valence-electron chi connectivity index (χ3n) is 4.20. The van der Waals surface area contributed by atoms with Crippen molar-refractivity contribution in [3.63, 3.8) is 0 Å². The first-order chi connectivity index (χ1) is 11.1. The summed E-state index contributed by atoms with van der Waals surface area (Å²) in [5.74, 6) is -0.0142. The van der Waals surface area contributed by atoms with Gasteiger partial charge in [0.15, 0.2) is 0 Å². The fraction of sp³-hybridized carbons (Fsp3) is 0.556. The van der Waals surface area contributed by atoms with Crippen LogP contribution in [0.3, 0.4) is 0 Å². The molecule has 1 aliphatic rings. The molecule has 1 aliphatic carbocycles. The summed E-state index contributed by atoms with van der Waals surface area (Å²) >= 11 is 3.57. The largest absolute Gasteiger partial charge is 0.465 e. The van der Waals surface area contributed by atoms with E-state index in [2.05, 4.69) is 15.9 Å². The van der Waals surface area contributed by atoms with Crippen LogP contribution in [-0.4, -0.2) is 34.8 Å². The van der Waals surface area contributed by atoms with Crippen LogP contribution in [0.2, 0.25) is 0 Å². The minimum absolute atomic E-state index is 0.00358. The highest BCUT2D eigenvalue weighted by Gasteiger charge is 2.32. The molecule has 1 saturated carbocycles. The van der Waals surface area contributed by atoms with Gasteiger partial charge in [-0.05, 0) is 31.2 Å². The molecule has 126 valence electrons. The molecule has 0 N–H and O–H groups in total. The van der Waals surface area contributed by atoms with Crippen LogP contribution in [-0.2, 0) is 20.9 Å². The summed E-state index contributed by atoms with van der Waals surface area (Å²) in [5.41, 5.74) is 1.01. The Kier molecular flexibility index (Phi) is 7.09. The monoisotopic (exact) mass is 381 g/mol. The number of halogens is 1. The number of carbonyl (C=O) groups excluding carboxylic acids is 2. The smallest absolute Gasteiger partial charge is 0.325 e. The van der Waals surface area contributed by atoms with Crippen molar-refractivity contribution in [1.29, 1.82) is 0 Å². The van der Waals surface area contributed by atoms with Gasteiger partial charge in [-0.25, -0.2) is 0 Å². The second-order valence-electron chi connectivity index (χ2n) is 5.93. The molecule has 2 rings (SSSR count). The lowest BCUT2D eigenvalue weighted by molar-refractivity contribution is -0.149. The Labute approximate surface area is 146 Å². The van der Waals surface area contributed by atoms with Gasteiger partial charge in [-0.2, -0.15) is 0 Å². The van der Waals surface area contributed by atoms with E-state index >= 15 is 0 Å². The average molecular weight is 382 g/mol. The average Bonchev–Trinajstić information content (AvgIpc) is 3.08. The Morgan fingerprint density at radius 1 is 1.26 bits per heavy atom. The lowest BCUT2D eigenvalue weighted by Crippen LogP contribution is -2.42. The van der Waals surface area contributed by atoms with E-state index < -0.39 is 0 Å². The van der Waals surface area contributed by atoms with Crippen molar-refractivity contribution in [3.8, 4) is 0 Å². The fourth-order valence-electron chi connectivity index (χ4n) is 3.00. The van der Waals surface area contributed by atoms with E-state index in [4.69, 9.17) is 4.74 Å². The molecule has 1 aromatic rings. The van der Waals surface area contributed by atoms with Crippen LogP contribution < -0.4 is 0 Å². The molecule has 0 heterocycles. The molecular weight excluding hydrogens is 358 g/mol. The molecule has 1 amide bonds. The number of nitrogens with zero attached hydrogens (tertiary/aromatic N) is 1. The van der Waals surface area contributed by atoms with E-state index in [1.54, 1.807) is 11.8 Å². The van der Waals surface area contributed by atoms with E-state index in [9.17, 15) is 9.59 Å². The van der Waals surface area contributed by atoms with Gasteiger partial charge in [-0.1, -0.05) is 59.1 Å². The van der Waals surface area contributed by atoms with Gasteiger partial charge in [0.2, 0.25) is 5.91 Å². The third kappa shape index (κ3) is 5.34. The van der Waals surface area contributed by atoms with Crippen molar-refractivity contribution in [3.05, 3.63) is 35.9 Å². The minimum atomic E-state index is -0.358. The fourth-order valence-corrected chi connectivity index (χ4v) is 3.82. The van der Waals surface area contributed by atoms with Gasteiger partial charge >= 0.3 is 5.97 Å². The summed E-state index contributed by atoms with van der Waals surface area (Å²) in [6.45, 7) is 2.52. The Balaban J connectivity index is 2.07. The Bertz CT molecular complexity index is 514. The van der Waals surface area contributed by atoms with Gasteiger partial charge in [0.1, 0.15) is 6.54 Å². The number of alkyl halides is 1. The maximum absolute atomic E-state index is 12.8. The summed E-state index contributed by atoms with van der Waals surface area (Å²) in [7, 11) is 0. The van der Waals surface area contributed by atoms with E-state index in [0.29, 0.717) is 19.1 Å². The van der Waals surface area contributed by atoms with Crippen molar-refractivity contribution in [1.82, 2.24) is 4.90 Å². The van der Waals surface area contributed by atoms with Gasteiger partial charge in [0.05, 0.1) is 11.4 Å². The second-order valence-corrected chi connectivity index (χ2v) is 6.92. The summed E-state index contributed by atoms with van der Waals surface area (Å²) < 4.78 is 5.02. The maximum Gasteiger partial charge on any atom is 0.325 e. The number of hydrogen-bond donors (Lipinski definition) is 0. The van der Waals surface area contributed by atoms with Crippen LogP contribution in [0.15, 0.2) is 30.3 Å².